The smallest absolute Gasteiger partial charge is 0.0233 e. The molecule has 0 radical (unpaired) electrons. The van der Waals surface area contributed by atoms with Crippen LogP contribution in [0, 0.1) is 11.3 Å². The number of allylic oxidation sites excluding steroid dienone is 3. The minimum atomic E-state index is 0.353. The van der Waals surface area contributed by atoms with Crippen molar-refractivity contribution >= 4 is 0 Å². The Morgan fingerprint density at radius 2 is 2.00 bits per heavy atom. The van der Waals surface area contributed by atoms with Gasteiger partial charge in [-0.1, -0.05) is 62.4 Å². The molecule has 0 spiro atoms. The van der Waals surface area contributed by atoms with Gasteiger partial charge in [-0.05, 0) is 41.9 Å². The van der Waals surface area contributed by atoms with E-state index in [0.717, 1.165) is 12.5 Å². The monoisotopic (exact) mass is 267 g/mol. The molecule has 1 atom stereocenters. The highest BCUT2D eigenvalue weighted by Gasteiger charge is 2.26. The second-order valence-corrected chi connectivity index (χ2v) is 6.94. The second-order valence-electron chi connectivity index (χ2n) is 6.94. The minimum Gasteiger partial charge on any atom is -0.298 e. The second kappa shape index (κ2) is 5.57. The van der Waals surface area contributed by atoms with Crippen LogP contribution in [0.25, 0.3) is 0 Å². The summed E-state index contributed by atoms with van der Waals surface area (Å²) in [5.41, 5.74) is 3.36. The van der Waals surface area contributed by atoms with E-state index in [4.69, 9.17) is 0 Å². The molecule has 106 valence electrons. The number of hydrogen-bond donors (Lipinski definition) is 0. The zero-order valence-corrected chi connectivity index (χ0v) is 12.7. The topological polar surface area (TPSA) is 3.24 Å². The Morgan fingerprint density at radius 3 is 2.70 bits per heavy atom. The summed E-state index contributed by atoms with van der Waals surface area (Å²) in [5, 5.41) is 0. The number of hydrogen-bond acceptors (Lipinski definition) is 1. The fraction of sp³-hybridized carbons (Fsp3) is 0.474. The summed E-state index contributed by atoms with van der Waals surface area (Å²) in [6.45, 7) is 8.17. The molecule has 1 aliphatic carbocycles. The molecule has 1 heteroatoms. The van der Waals surface area contributed by atoms with E-state index in [9.17, 15) is 0 Å². The Balaban J connectivity index is 1.58. The van der Waals surface area contributed by atoms with Gasteiger partial charge in [0, 0.05) is 13.1 Å². The number of rotatable bonds is 3. The molecule has 0 bridgehead atoms. The van der Waals surface area contributed by atoms with Crippen molar-refractivity contribution in [2.24, 2.45) is 11.3 Å². The third-order valence-corrected chi connectivity index (χ3v) is 4.58. The lowest BCUT2D eigenvalue weighted by Crippen LogP contribution is -2.21. The Labute approximate surface area is 123 Å². The Hall–Kier alpha value is -1.34. The van der Waals surface area contributed by atoms with Gasteiger partial charge in [-0.15, -0.1) is 0 Å². The van der Waals surface area contributed by atoms with Crippen LogP contribution in [0.5, 0.6) is 0 Å². The summed E-state index contributed by atoms with van der Waals surface area (Å²) in [6, 6.07) is 10.8. The Bertz CT molecular complexity index is 510. The first kappa shape index (κ1) is 13.6. The van der Waals surface area contributed by atoms with Gasteiger partial charge in [-0.3, -0.25) is 4.90 Å². The third kappa shape index (κ3) is 3.21. The zero-order chi connectivity index (χ0) is 14.0. The SMILES string of the molecule is CC1(C)C=CC(C2CCN(Cc3ccccc3)C2)=CC1. The van der Waals surface area contributed by atoms with E-state index in [2.05, 4.69) is 67.3 Å². The molecule has 2 aliphatic rings. The molecule has 1 unspecified atom stereocenters. The number of nitrogens with zero attached hydrogens (tertiary/aromatic N) is 1. The third-order valence-electron chi connectivity index (χ3n) is 4.58. The van der Waals surface area contributed by atoms with Gasteiger partial charge in [0.1, 0.15) is 0 Å². The van der Waals surface area contributed by atoms with Gasteiger partial charge < -0.3 is 0 Å². The van der Waals surface area contributed by atoms with E-state index in [0.29, 0.717) is 5.41 Å². The first-order valence-corrected chi connectivity index (χ1v) is 7.78. The predicted octanol–water partition coefficient (Wildman–Crippen LogP) is 4.42. The van der Waals surface area contributed by atoms with Gasteiger partial charge in [-0.2, -0.15) is 0 Å². The zero-order valence-electron chi connectivity index (χ0n) is 12.7. The molecule has 1 aromatic rings. The molecule has 1 fully saturated rings. The van der Waals surface area contributed by atoms with Gasteiger partial charge >= 0.3 is 0 Å². The van der Waals surface area contributed by atoms with Crippen molar-refractivity contribution in [2.75, 3.05) is 13.1 Å². The summed E-state index contributed by atoms with van der Waals surface area (Å²) in [7, 11) is 0. The van der Waals surface area contributed by atoms with Crippen LogP contribution in [0.1, 0.15) is 32.3 Å². The Kier molecular flexibility index (Phi) is 3.80. The minimum absolute atomic E-state index is 0.353. The van der Waals surface area contributed by atoms with Crippen LogP contribution in [-0.2, 0) is 6.54 Å². The molecule has 3 rings (SSSR count). The highest BCUT2D eigenvalue weighted by molar-refractivity contribution is 5.29. The van der Waals surface area contributed by atoms with E-state index in [1.165, 1.54) is 31.5 Å². The molecule has 1 heterocycles. The fourth-order valence-electron chi connectivity index (χ4n) is 3.23. The molecular formula is C19H25N. The summed E-state index contributed by atoms with van der Waals surface area (Å²) in [5.74, 6) is 0.742. The van der Waals surface area contributed by atoms with Gasteiger partial charge in [0.15, 0.2) is 0 Å². The lowest BCUT2D eigenvalue weighted by Gasteiger charge is -2.25. The van der Waals surface area contributed by atoms with Crippen molar-refractivity contribution < 1.29 is 0 Å². The van der Waals surface area contributed by atoms with E-state index >= 15 is 0 Å². The fourth-order valence-corrected chi connectivity index (χ4v) is 3.23. The average molecular weight is 267 g/mol. The first-order chi connectivity index (χ1) is 9.62. The summed E-state index contributed by atoms with van der Waals surface area (Å²) in [4.78, 5) is 2.59. The van der Waals surface area contributed by atoms with Crippen LogP contribution in [0.15, 0.2) is 54.1 Å². The van der Waals surface area contributed by atoms with Crippen molar-refractivity contribution in [1.82, 2.24) is 4.90 Å². The molecule has 0 saturated carbocycles. The molecule has 1 saturated heterocycles. The van der Waals surface area contributed by atoms with Gasteiger partial charge in [0.2, 0.25) is 0 Å². The van der Waals surface area contributed by atoms with Gasteiger partial charge in [0.05, 0.1) is 0 Å². The van der Waals surface area contributed by atoms with Crippen molar-refractivity contribution in [3.05, 3.63) is 59.7 Å². The van der Waals surface area contributed by atoms with Crippen LogP contribution in [0.4, 0.5) is 0 Å². The normalized spacial score (nSPS) is 25.7. The summed E-state index contributed by atoms with van der Waals surface area (Å²) in [6.07, 6.45) is 9.73. The van der Waals surface area contributed by atoms with Crippen molar-refractivity contribution in [3.63, 3.8) is 0 Å². The molecule has 1 aromatic carbocycles. The molecule has 20 heavy (non-hydrogen) atoms. The maximum atomic E-state index is 2.59. The van der Waals surface area contributed by atoms with Crippen LogP contribution in [0.2, 0.25) is 0 Å². The standard InChI is InChI=1S/C19H25N/c1-19(2)11-8-17(9-12-19)18-10-13-20(15-18)14-16-6-4-3-5-7-16/h3-9,11,18H,10,12-15H2,1-2H3. The van der Waals surface area contributed by atoms with E-state index in [1.54, 1.807) is 5.57 Å². The van der Waals surface area contributed by atoms with Crippen molar-refractivity contribution in [2.45, 2.75) is 33.2 Å². The molecular weight excluding hydrogens is 242 g/mol. The number of benzene rings is 1. The van der Waals surface area contributed by atoms with Gasteiger partial charge in [-0.25, -0.2) is 0 Å². The maximum absolute atomic E-state index is 2.59. The lowest BCUT2D eigenvalue weighted by atomic mass is 9.81. The largest absolute Gasteiger partial charge is 0.298 e. The molecule has 1 aliphatic heterocycles. The van der Waals surface area contributed by atoms with Crippen LogP contribution in [0.3, 0.4) is 0 Å². The van der Waals surface area contributed by atoms with E-state index in [-0.39, 0.29) is 0 Å². The number of likely N-dealkylation sites (tertiary alicyclic amines) is 1. The predicted molar refractivity (Wildman–Crippen MR) is 85.4 cm³/mol. The first-order valence-electron chi connectivity index (χ1n) is 7.78. The molecule has 0 amide bonds. The highest BCUT2D eigenvalue weighted by atomic mass is 15.1. The Morgan fingerprint density at radius 1 is 1.20 bits per heavy atom. The van der Waals surface area contributed by atoms with Gasteiger partial charge in [0.25, 0.3) is 0 Å². The van der Waals surface area contributed by atoms with Crippen LogP contribution in [-0.4, -0.2) is 18.0 Å². The molecule has 0 N–H and O–H groups in total. The summed E-state index contributed by atoms with van der Waals surface area (Å²) >= 11 is 0. The highest BCUT2D eigenvalue weighted by Crippen LogP contribution is 2.34. The van der Waals surface area contributed by atoms with Crippen molar-refractivity contribution in [3.8, 4) is 0 Å². The van der Waals surface area contributed by atoms with Crippen LogP contribution < -0.4 is 0 Å². The molecule has 1 nitrogen and oxygen atoms in total. The lowest BCUT2D eigenvalue weighted by molar-refractivity contribution is 0.322. The average Bonchev–Trinajstić information content (AvgIpc) is 2.88. The maximum Gasteiger partial charge on any atom is 0.0233 e. The summed E-state index contributed by atoms with van der Waals surface area (Å²) < 4.78 is 0. The van der Waals surface area contributed by atoms with E-state index < -0.39 is 0 Å². The molecule has 0 aromatic heterocycles. The quantitative estimate of drug-likeness (QED) is 0.783. The van der Waals surface area contributed by atoms with Crippen LogP contribution >= 0.6 is 0 Å². The van der Waals surface area contributed by atoms with Crippen molar-refractivity contribution in [1.29, 1.82) is 0 Å². The van der Waals surface area contributed by atoms with E-state index in [1.807, 2.05) is 0 Å².